The molecule has 0 saturated carbocycles. The fourth-order valence-electron chi connectivity index (χ4n) is 3.11. The van der Waals surface area contributed by atoms with E-state index in [-0.39, 0.29) is 17.4 Å². The highest BCUT2D eigenvalue weighted by Crippen LogP contribution is 2.31. The van der Waals surface area contributed by atoms with Gasteiger partial charge in [-0.2, -0.15) is 0 Å². The summed E-state index contributed by atoms with van der Waals surface area (Å²) in [5.74, 6) is 2.22. The zero-order valence-electron chi connectivity index (χ0n) is 18.5. The third kappa shape index (κ3) is 5.66. The van der Waals surface area contributed by atoms with Gasteiger partial charge in [0, 0.05) is 32.7 Å². The van der Waals surface area contributed by atoms with Crippen LogP contribution in [0.15, 0.2) is 30.6 Å². The molecule has 3 rings (SSSR count). The molecule has 0 aromatic carbocycles. The van der Waals surface area contributed by atoms with Crippen molar-refractivity contribution in [3.05, 3.63) is 41.4 Å². The lowest BCUT2D eigenvalue weighted by atomic mass is 10.2. The molecule has 3 aromatic rings. The minimum Gasteiger partial charge on any atom is -0.481 e. The molecule has 3 atom stereocenters. The number of hydrogen-bond acceptors (Lipinski definition) is 10. The van der Waals surface area contributed by atoms with E-state index in [1.165, 1.54) is 11.9 Å². The van der Waals surface area contributed by atoms with Crippen LogP contribution in [-0.4, -0.2) is 62.9 Å². The molecule has 1 N–H and O–H groups in total. The topological polar surface area (TPSA) is 109 Å². The first-order chi connectivity index (χ1) is 15.5. The van der Waals surface area contributed by atoms with Gasteiger partial charge in [0.15, 0.2) is 11.6 Å². The fourth-order valence-corrected chi connectivity index (χ4v) is 3.99. The first-order valence-electron chi connectivity index (χ1n) is 9.85. The molecule has 0 amide bonds. The van der Waals surface area contributed by atoms with Gasteiger partial charge in [-0.3, -0.25) is 9.29 Å². The van der Waals surface area contributed by atoms with Gasteiger partial charge in [0.05, 0.1) is 30.0 Å². The Balaban J connectivity index is 1.83. The molecule has 0 radical (unpaired) electrons. The van der Waals surface area contributed by atoms with Gasteiger partial charge in [-0.15, -0.1) is 10.2 Å². The predicted molar refractivity (Wildman–Crippen MR) is 124 cm³/mol. The highest BCUT2D eigenvalue weighted by atomic mass is 35.5. The molecule has 12 heteroatoms. The maximum atomic E-state index is 5.90. The lowest BCUT2D eigenvalue weighted by Gasteiger charge is -2.22. The molecule has 3 heterocycles. The standard InChI is InChI=1S/C20H26ClN7O3S/c1-12(11-29-3)28-19(15-7-6-8-16(24-15)30-4)25-26-20(28)27-32-13(2)17(31-5)18-22-9-14(21)10-23-18/h6-10,12-13,17H,11H2,1-5H3,(H,26,27)/t12-,13?,17-/m0/s1. The summed E-state index contributed by atoms with van der Waals surface area (Å²) in [4.78, 5) is 13.0. The first-order valence-corrected chi connectivity index (χ1v) is 11.1. The summed E-state index contributed by atoms with van der Waals surface area (Å²) in [5, 5.41) is 9.14. The Bertz CT molecular complexity index is 1010. The molecular formula is C20H26ClN7O3S. The molecule has 0 aliphatic rings. The number of rotatable bonds is 11. The van der Waals surface area contributed by atoms with Gasteiger partial charge in [-0.05, 0) is 31.9 Å². The molecule has 0 spiro atoms. The summed E-state index contributed by atoms with van der Waals surface area (Å²) < 4.78 is 21.5. The number of aromatic nitrogens is 6. The van der Waals surface area contributed by atoms with Crippen LogP contribution in [-0.2, 0) is 9.47 Å². The summed E-state index contributed by atoms with van der Waals surface area (Å²) in [7, 11) is 4.85. The van der Waals surface area contributed by atoms with Crippen LogP contribution in [0.1, 0.15) is 31.8 Å². The van der Waals surface area contributed by atoms with Gasteiger partial charge >= 0.3 is 0 Å². The molecule has 32 heavy (non-hydrogen) atoms. The van der Waals surface area contributed by atoms with Crippen LogP contribution >= 0.6 is 23.5 Å². The molecule has 0 aliphatic carbocycles. The fraction of sp³-hybridized carbons (Fsp3) is 0.450. The second-order valence-electron chi connectivity index (χ2n) is 6.93. The minimum atomic E-state index is -0.350. The zero-order chi connectivity index (χ0) is 23.1. The van der Waals surface area contributed by atoms with Crippen LogP contribution in [0.3, 0.4) is 0 Å². The van der Waals surface area contributed by atoms with Crippen molar-refractivity contribution in [1.82, 2.24) is 29.7 Å². The first kappa shape index (κ1) is 24.2. The zero-order valence-corrected chi connectivity index (χ0v) is 20.1. The quantitative estimate of drug-likeness (QED) is 0.407. The van der Waals surface area contributed by atoms with Crippen molar-refractivity contribution in [2.24, 2.45) is 0 Å². The van der Waals surface area contributed by atoms with Gasteiger partial charge in [-0.1, -0.05) is 17.7 Å². The minimum absolute atomic E-state index is 0.0470. The highest BCUT2D eigenvalue weighted by molar-refractivity contribution is 8.01. The van der Waals surface area contributed by atoms with Crippen LogP contribution in [0.2, 0.25) is 5.02 Å². The van der Waals surface area contributed by atoms with Crippen LogP contribution in [0.4, 0.5) is 5.95 Å². The molecule has 0 fully saturated rings. The van der Waals surface area contributed by atoms with E-state index in [4.69, 9.17) is 25.8 Å². The Hall–Kier alpha value is -2.47. The molecular weight excluding hydrogens is 454 g/mol. The number of ether oxygens (including phenoxy) is 3. The van der Waals surface area contributed by atoms with Crippen molar-refractivity contribution in [3.8, 4) is 17.4 Å². The normalized spacial score (nSPS) is 14.1. The largest absolute Gasteiger partial charge is 0.481 e. The van der Waals surface area contributed by atoms with Crippen molar-refractivity contribution in [2.75, 3.05) is 32.7 Å². The van der Waals surface area contributed by atoms with Crippen LogP contribution in [0.25, 0.3) is 11.5 Å². The van der Waals surface area contributed by atoms with E-state index in [2.05, 4.69) is 29.9 Å². The van der Waals surface area contributed by atoms with Crippen molar-refractivity contribution >= 4 is 29.5 Å². The number of hydrogen-bond donors (Lipinski definition) is 1. The molecule has 0 saturated heterocycles. The number of halogens is 1. The van der Waals surface area contributed by atoms with Gasteiger partial charge in [0.1, 0.15) is 11.8 Å². The number of methoxy groups -OCH3 is 3. The number of nitrogens with zero attached hydrogens (tertiary/aromatic N) is 6. The molecule has 0 bridgehead atoms. The van der Waals surface area contributed by atoms with E-state index >= 15 is 0 Å². The Morgan fingerprint density at radius 1 is 1.12 bits per heavy atom. The monoisotopic (exact) mass is 479 g/mol. The van der Waals surface area contributed by atoms with Crippen LogP contribution < -0.4 is 9.46 Å². The van der Waals surface area contributed by atoms with E-state index in [1.54, 1.807) is 39.8 Å². The maximum absolute atomic E-state index is 5.90. The van der Waals surface area contributed by atoms with Crippen molar-refractivity contribution in [2.45, 2.75) is 31.2 Å². The Morgan fingerprint density at radius 3 is 2.53 bits per heavy atom. The van der Waals surface area contributed by atoms with Gasteiger partial charge < -0.3 is 14.2 Å². The second kappa shape index (κ2) is 11.4. The molecule has 3 aromatic heterocycles. The van der Waals surface area contributed by atoms with Gasteiger partial charge in [-0.25, -0.2) is 15.0 Å². The summed E-state index contributed by atoms with van der Waals surface area (Å²) in [6.45, 7) is 4.51. The lowest BCUT2D eigenvalue weighted by molar-refractivity contribution is 0.0972. The smallest absolute Gasteiger partial charge is 0.235 e. The molecule has 0 aliphatic heterocycles. The lowest BCUT2D eigenvalue weighted by Crippen LogP contribution is -2.20. The van der Waals surface area contributed by atoms with E-state index in [0.29, 0.717) is 40.8 Å². The Labute approximate surface area is 196 Å². The maximum Gasteiger partial charge on any atom is 0.235 e. The predicted octanol–water partition coefficient (Wildman–Crippen LogP) is 3.84. The Morgan fingerprint density at radius 2 is 1.88 bits per heavy atom. The highest BCUT2D eigenvalue weighted by Gasteiger charge is 2.25. The number of anilines is 1. The van der Waals surface area contributed by atoms with Gasteiger partial charge in [0.2, 0.25) is 11.8 Å². The third-order valence-electron chi connectivity index (χ3n) is 4.62. The average Bonchev–Trinajstić information content (AvgIpc) is 3.24. The van der Waals surface area contributed by atoms with Crippen LogP contribution in [0, 0.1) is 0 Å². The molecule has 10 nitrogen and oxygen atoms in total. The summed E-state index contributed by atoms with van der Waals surface area (Å²) in [6.07, 6.45) is 2.76. The average molecular weight is 480 g/mol. The summed E-state index contributed by atoms with van der Waals surface area (Å²) in [6, 6.07) is 5.46. The number of nitrogens with one attached hydrogen (secondary N) is 1. The SMILES string of the molecule is COC[C@H](C)n1c(NSC(C)[C@H](OC)c2ncc(Cl)cn2)nnc1-c1cccc(OC)n1. The number of pyridine rings is 1. The van der Waals surface area contributed by atoms with E-state index in [1.807, 2.05) is 30.5 Å². The van der Waals surface area contributed by atoms with Crippen molar-refractivity contribution < 1.29 is 14.2 Å². The third-order valence-corrected chi connectivity index (χ3v) is 5.73. The summed E-state index contributed by atoms with van der Waals surface area (Å²) in [5.41, 5.74) is 0.648. The van der Waals surface area contributed by atoms with Crippen LogP contribution in [0.5, 0.6) is 5.88 Å². The van der Waals surface area contributed by atoms with Gasteiger partial charge in [0.25, 0.3) is 0 Å². The summed E-state index contributed by atoms with van der Waals surface area (Å²) >= 11 is 7.33. The van der Waals surface area contributed by atoms with E-state index in [0.717, 1.165) is 0 Å². The molecule has 1 unspecified atom stereocenters. The van der Waals surface area contributed by atoms with E-state index < -0.39 is 0 Å². The second-order valence-corrected chi connectivity index (χ2v) is 8.55. The Kier molecular flexibility index (Phi) is 8.62. The van der Waals surface area contributed by atoms with Crippen molar-refractivity contribution in [3.63, 3.8) is 0 Å². The van der Waals surface area contributed by atoms with Crippen molar-refractivity contribution in [1.29, 1.82) is 0 Å². The van der Waals surface area contributed by atoms with E-state index in [9.17, 15) is 0 Å². The molecule has 172 valence electrons.